The van der Waals surface area contributed by atoms with Crippen LogP contribution in [0.3, 0.4) is 0 Å². The zero-order valence-electron chi connectivity index (χ0n) is 10.3. The first-order valence-electron chi connectivity index (χ1n) is 5.61. The van der Waals surface area contributed by atoms with E-state index < -0.39 is 0 Å². The van der Waals surface area contributed by atoms with Crippen molar-refractivity contribution in [2.75, 3.05) is 5.43 Å². The Kier molecular flexibility index (Phi) is 3.73. The highest BCUT2D eigenvalue weighted by Crippen LogP contribution is 2.25. The lowest BCUT2D eigenvalue weighted by atomic mass is 10.3. The number of hydrogen-bond acceptors (Lipinski definition) is 6. The van der Waals surface area contributed by atoms with E-state index in [1.165, 1.54) is 0 Å². The summed E-state index contributed by atoms with van der Waals surface area (Å²) in [5, 5.41) is 20.8. The number of hydrazone groups is 1. The summed E-state index contributed by atoms with van der Waals surface area (Å²) in [7, 11) is 0. The molecule has 0 amide bonds. The molecule has 6 nitrogen and oxygen atoms in total. The van der Waals surface area contributed by atoms with E-state index in [4.69, 9.17) is 16.4 Å². The van der Waals surface area contributed by atoms with Crippen LogP contribution in [0.5, 0.6) is 0 Å². The van der Waals surface area contributed by atoms with Crippen molar-refractivity contribution in [1.82, 2.24) is 4.98 Å². The van der Waals surface area contributed by atoms with Gasteiger partial charge in [0.2, 0.25) is 5.71 Å². The Morgan fingerprint density at radius 3 is 3.05 bits per heavy atom. The van der Waals surface area contributed by atoms with Crippen molar-refractivity contribution >= 4 is 38.8 Å². The number of amidine groups is 1. The lowest BCUT2D eigenvalue weighted by Crippen LogP contribution is -2.21. The molecule has 7 heteroatoms. The fourth-order valence-electron chi connectivity index (χ4n) is 1.46. The second-order valence-corrected chi connectivity index (χ2v) is 4.86. The molecule has 1 aromatic carbocycles. The number of nitrogens with two attached hydrogens (primary N) is 1. The van der Waals surface area contributed by atoms with Gasteiger partial charge in [-0.3, -0.25) is 10.8 Å². The van der Waals surface area contributed by atoms with Crippen LogP contribution in [0.1, 0.15) is 11.9 Å². The molecule has 0 radical (unpaired) electrons. The molecule has 96 valence electrons. The Morgan fingerprint density at radius 1 is 1.63 bits per heavy atom. The molecule has 0 unspecified atom stereocenters. The molecular formula is C12H12N6S. The van der Waals surface area contributed by atoms with Gasteiger partial charge in [-0.1, -0.05) is 6.92 Å². The van der Waals surface area contributed by atoms with Crippen molar-refractivity contribution in [2.45, 2.75) is 13.3 Å². The summed E-state index contributed by atoms with van der Waals surface area (Å²) in [6.07, 6.45) is 0.906. The van der Waals surface area contributed by atoms with Crippen LogP contribution in [0.4, 0.5) is 5.69 Å². The standard InChI is InChI=1S/C12H12N6S/c1-2-11-16-8-4-3-7(5-10(8)19-11)17-18-9(6-13)12(14)15/h3-5,17H,2H2,1H3,(H3,14,15)/b18-9+. The number of anilines is 1. The van der Waals surface area contributed by atoms with E-state index in [0.717, 1.165) is 27.3 Å². The average Bonchev–Trinajstić information content (AvgIpc) is 2.81. The molecule has 2 aromatic rings. The number of nitrogens with zero attached hydrogens (tertiary/aromatic N) is 3. The van der Waals surface area contributed by atoms with E-state index >= 15 is 0 Å². The smallest absolute Gasteiger partial charge is 0.201 e. The largest absolute Gasteiger partial charge is 0.382 e. The summed E-state index contributed by atoms with van der Waals surface area (Å²) in [6.45, 7) is 2.06. The quantitative estimate of drug-likeness (QED) is 0.449. The lowest BCUT2D eigenvalue weighted by Gasteiger charge is -2.00. The fraction of sp³-hybridized carbons (Fsp3) is 0.167. The number of aromatic nitrogens is 1. The molecule has 0 atom stereocenters. The minimum atomic E-state index is -0.359. The predicted molar refractivity (Wildman–Crippen MR) is 77.6 cm³/mol. The van der Waals surface area contributed by atoms with Gasteiger partial charge in [0.1, 0.15) is 6.07 Å². The molecule has 0 bridgehead atoms. The summed E-state index contributed by atoms with van der Waals surface area (Å²) in [5.41, 5.74) is 9.46. The van der Waals surface area contributed by atoms with Gasteiger partial charge in [-0.05, 0) is 24.6 Å². The summed E-state index contributed by atoms with van der Waals surface area (Å²) < 4.78 is 1.05. The summed E-state index contributed by atoms with van der Waals surface area (Å²) in [6, 6.07) is 7.37. The van der Waals surface area contributed by atoms with Gasteiger partial charge in [0.05, 0.1) is 20.9 Å². The van der Waals surface area contributed by atoms with Gasteiger partial charge in [-0.15, -0.1) is 11.3 Å². The third kappa shape index (κ3) is 2.86. The van der Waals surface area contributed by atoms with Crippen molar-refractivity contribution in [1.29, 1.82) is 10.7 Å². The number of nitriles is 1. The van der Waals surface area contributed by atoms with Gasteiger partial charge in [-0.2, -0.15) is 10.4 Å². The first-order valence-corrected chi connectivity index (χ1v) is 6.43. The molecule has 19 heavy (non-hydrogen) atoms. The molecule has 0 aliphatic carbocycles. The number of aryl methyl sites for hydroxylation is 1. The first kappa shape index (κ1) is 13.0. The molecule has 0 aliphatic heterocycles. The van der Waals surface area contributed by atoms with Crippen LogP contribution in [-0.2, 0) is 6.42 Å². The molecule has 4 N–H and O–H groups in total. The van der Waals surface area contributed by atoms with Crippen LogP contribution in [-0.4, -0.2) is 16.5 Å². The molecule has 0 saturated carbocycles. The van der Waals surface area contributed by atoms with E-state index in [1.807, 2.05) is 18.2 Å². The summed E-state index contributed by atoms with van der Waals surface area (Å²) in [4.78, 5) is 4.46. The SMILES string of the molecule is CCc1nc2ccc(N/N=C(\C#N)C(=N)N)cc2s1. The van der Waals surface area contributed by atoms with Gasteiger partial charge in [0, 0.05) is 0 Å². The topological polar surface area (TPSA) is 111 Å². The van der Waals surface area contributed by atoms with E-state index in [0.29, 0.717) is 0 Å². The number of thiazole rings is 1. The maximum atomic E-state index is 8.73. The minimum Gasteiger partial charge on any atom is -0.382 e. The number of nitrogens with one attached hydrogen (secondary N) is 2. The summed E-state index contributed by atoms with van der Waals surface area (Å²) >= 11 is 1.63. The first-order chi connectivity index (χ1) is 9.13. The molecule has 1 heterocycles. The van der Waals surface area contributed by atoms with E-state index in [-0.39, 0.29) is 11.5 Å². The summed E-state index contributed by atoms with van der Waals surface area (Å²) in [5.74, 6) is -0.359. The Hall–Kier alpha value is -2.46. The lowest BCUT2D eigenvalue weighted by molar-refractivity contribution is 1.11. The van der Waals surface area contributed by atoms with E-state index in [2.05, 4.69) is 22.4 Å². The molecule has 0 aliphatic rings. The number of rotatable bonds is 4. The number of fused-ring (bicyclic) bond motifs is 1. The third-order valence-corrected chi connectivity index (χ3v) is 3.56. The Morgan fingerprint density at radius 2 is 2.42 bits per heavy atom. The van der Waals surface area contributed by atoms with Gasteiger partial charge < -0.3 is 5.73 Å². The molecule has 0 fully saturated rings. The molecule has 2 rings (SSSR count). The predicted octanol–water partition coefficient (Wildman–Crippen LogP) is 2.09. The van der Waals surface area contributed by atoms with Crippen LogP contribution in [0.25, 0.3) is 10.2 Å². The molecular weight excluding hydrogens is 260 g/mol. The minimum absolute atomic E-state index is 0.140. The highest BCUT2D eigenvalue weighted by molar-refractivity contribution is 7.18. The zero-order valence-corrected chi connectivity index (χ0v) is 11.1. The van der Waals surface area contributed by atoms with Crippen molar-refractivity contribution in [3.63, 3.8) is 0 Å². The van der Waals surface area contributed by atoms with Crippen molar-refractivity contribution in [2.24, 2.45) is 10.8 Å². The Labute approximate surface area is 114 Å². The van der Waals surface area contributed by atoms with Crippen LogP contribution < -0.4 is 11.2 Å². The Balaban J connectivity index is 2.27. The van der Waals surface area contributed by atoms with Crippen LogP contribution in [0.2, 0.25) is 0 Å². The molecule has 0 saturated heterocycles. The highest BCUT2D eigenvalue weighted by atomic mass is 32.1. The van der Waals surface area contributed by atoms with Crippen molar-refractivity contribution < 1.29 is 0 Å². The fourth-order valence-corrected chi connectivity index (χ4v) is 2.41. The second kappa shape index (κ2) is 5.46. The third-order valence-electron chi connectivity index (χ3n) is 2.39. The number of hydrogen-bond donors (Lipinski definition) is 3. The van der Waals surface area contributed by atoms with Gasteiger partial charge in [0.25, 0.3) is 0 Å². The highest BCUT2D eigenvalue weighted by Gasteiger charge is 2.04. The van der Waals surface area contributed by atoms with Gasteiger partial charge in [-0.25, -0.2) is 4.98 Å². The van der Waals surface area contributed by atoms with Crippen molar-refractivity contribution in [3.05, 3.63) is 23.2 Å². The van der Waals surface area contributed by atoms with Crippen LogP contribution >= 0.6 is 11.3 Å². The van der Waals surface area contributed by atoms with Gasteiger partial charge >= 0.3 is 0 Å². The van der Waals surface area contributed by atoms with E-state index in [1.54, 1.807) is 17.4 Å². The number of benzene rings is 1. The zero-order chi connectivity index (χ0) is 13.8. The van der Waals surface area contributed by atoms with Crippen LogP contribution in [0.15, 0.2) is 23.3 Å². The second-order valence-electron chi connectivity index (χ2n) is 3.74. The molecule has 0 spiro atoms. The van der Waals surface area contributed by atoms with Crippen molar-refractivity contribution in [3.8, 4) is 6.07 Å². The monoisotopic (exact) mass is 272 g/mol. The van der Waals surface area contributed by atoms with Gasteiger partial charge in [0.15, 0.2) is 5.84 Å². The molecule has 1 aromatic heterocycles. The maximum absolute atomic E-state index is 8.73. The van der Waals surface area contributed by atoms with Crippen LogP contribution in [0, 0.1) is 16.7 Å². The average molecular weight is 272 g/mol. The maximum Gasteiger partial charge on any atom is 0.201 e. The van der Waals surface area contributed by atoms with E-state index in [9.17, 15) is 0 Å². The normalized spacial score (nSPS) is 11.3. The Bertz CT molecular complexity index is 694.